The fourth-order valence-corrected chi connectivity index (χ4v) is 4.24. The molecule has 1 fully saturated rings. The van der Waals surface area contributed by atoms with E-state index in [1.165, 1.54) is 18.3 Å². The minimum Gasteiger partial charge on any atom is -0.349 e. The van der Waals surface area contributed by atoms with Gasteiger partial charge < -0.3 is 10.6 Å². The zero-order valence-electron chi connectivity index (χ0n) is 20.1. The van der Waals surface area contributed by atoms with Crippen LogP contribution in [0, 0.1) is 6.92 Å². The van der Waals surface area contributed by atoms with Crippen LogP contribution in [-0.4, -0.2) is 47.6 Å². The normalized spacial score (nSPS) is 13.4. The van der Waals surface area contributed by atoms with Crippen LogP contribution in [0.2, 0.25) is 10.0 Å². The molecule has 15 heteroatoms. The Hall–Kier alpha value is -3.97. The molecule has 4 aromatic rings. The lowest BCUT2D eigenvalue weighted by atomic mass is 10.1. The van der Waals surface area contributed by atoms with E-state index in [4.69, 9.17) is 23.2 Å². The van der Waals surface area contributed by atoms with E-state index in [0.29, 0.717) is 16.8 Å². The highest BCUT2D eigenvalue weighted by atomic mass is 35.5. The average Bonchev–Trinajstić information content (AvgIpc) is 3.37. The Morgan fingerprint density at radius 2 is 1.90 bits per heavy atom. The molecule has 1 saturated carbocycles. The van der Waals surface area contributed by atoms with Gasteiger partial charge in [0, 0.05) is 17.3 Å². The second-order valence-electron chi connectivity index (χ2n) is 8.85. The molecule has 1 aromatic carbocycles. The van der Waals surface area contributed by atoms with Gasteiger partial charge in [-0.15, -0.1) is 5.10 Å². The van der Waals surface area contributed by atoms with Crippen molar-refractivity contribution in [3.63, 3.8) is 0 Å². The number of aromatic nitrogens is 6. The summed E-state index contributed by atoms with van der Waals surface area (Å²) < 4.78 is 40.0. The molecule has 202 valence electrons. The number of rotatable bonds is 7. The number of hydrogen-bond acceptors (Lipinski definition) is 6. The highest BCUT2D eigenvalue weighted by Gasteiger charge is 2.34. The molecule has 2 N–H and O–H groups in total. The molecule has 39 heavy (non-hydrogen) atoms. The smallest absolute Gasteiger partial charge is 0.349 e. The van der Waals surface area contributed by atoms with Gasteiger partial charge in [-0.1, -0.05) is 23.2 Å². The maximum atomic E-state index is 13.6. The number of alkyl halides is 3. The molecule has 0 aliphatic heterocycles. The number of nitrogens with one attached hydrogen (secondary N) is 2. The van der Waals surface area contributed by atoms with Crippen molar-refractivity contribution in [1.82, 2.24) is 35.1 Å². The van der Waals surface area contributed by atoms with Crippen LogP contribution in [-0.2, 0) is 12.7 Å². The van der Waals surface area contributed by atoms with Crippen LogP contribution >= 0.6 is 23.2 Å². The summed E-state index contributed by atoms with van der Waals surface area (Å²) in [6, 6.07) is 7.62. The van der Waals surface area contributed by atoms with Gasteiger partial charge in [0.15, 0.2) is 11.5 Å². The van der Waals surface area contributed by atoms with E-state index >= 15 is 0 Å². The Bertz CT molecular complexity index is 1580. The van der Waals surface area contributed by atoms with Gasteiger partial charge >= 0.3 is 6.18 Å². The molecule has 0 atom stereocenters. The number of carbonyl (C=O) groups is 2. The third-order valence-corrected chi connectivity index (χ3v) is 6.27. The summed E-state index contributed by atoms with van der Waals surface area (Å²) in [7, 11) is 0. The second-order valence-corrected chi connectivity index (χ2v) is 9.69. The number of hydrogen-bond donors (Lipinski definition) is 2. The zero-order chi connectivity index (χ0) is 27.9. The van der Waals surface area contributed by atoms with Crippen molar-refractivity contribution in [1.29, 1.82) is 0 Å². The summed E-state index contributed by atoms with van der Waals surface area (Å²) in [6.45, 7) is 1.41. The maximum Gasteiger partial charge on any atom is 0.436 e. The number of nitrogens with zero attached hydrogens (tertiary/aromatic N) is 6. The van der Waals surface area contributed by atoms with Crippen LogP contribution < -0.4 is 10.6 Å². The average molecular weight is 579 g/mol. The second kappa shape index (κ2) is 10.3. The summed E-state index contributed by atoms with van der Waals surface area (Å²) in [4.78, 5) is 31.5. The van der Waals surface area contributed by atoms with Crippen molar-refractivity contribution in [3.8, 4) is 5.82 Å². The van der Waals surface area contributed by atoms with Crippen molar-refractivity contribution >= 4 is 40.7 Å². The highest BCUT2D eigenvalue weighted by Crippen LogP contribution is 2.29. The molecule has 0 saturated heterocycles. The van der Waals surface area contributed by atoms with Gasteiger partial charge in [0.2, 0.25) is 0 Å². The van der Waals surface area contributed by atoms with Crippen LogP contribution in [0.15, 0.2) is 42.7 Å². The van der Waals surface area contributed by atoms with Gasteiger partial charge in [-0.25, -0.2) is 9.67 Å². The molecule has 3 heterocycles. The third-order valence-electron chi connectivity index (χ3n) is 5.76. The molecule has 1 aliphatic rings. The summed E-state index contributed by atoms with van der Waals surface area (Å²) in [5, 5.41) is 17.5. The van der Waals surface area contributed by atoms with E-state index in [-0.39, 0.29) is 52.0 Å². The monoisotopic (exact) mass is 578 g/mol. The minimum absolute atomic E-state index is 0.0447. The largest absolute Gasteiger partial charge is 0.436 e. The predicted molar refractivity (Wildman–Crippen MR) is 135 cm³/mol. The van der Waals surface area contributed by atoms with E-state index in [1.807, 2.05) is 0 Å². The van der Waals surface area contributed by atoms with Gasteiger partial charge in [-0.05, 0) is 55.7 Å². The number of benzene rings is 1. The first-order valence-electron chi connectivity index (χ1n) is 11.6. The minimum atomic E-state index is -4.66. The predicted octanol–water partition coefficient (Wildman–Crippen LogP) is 4.69. The molecule has 10 nitrogen and oxygen atoms in total. The quantitative estimate of drug-likeness (QED) is 0.328. The number of anilines is 1. The fourth-order valence-electron chi connectivity index (χ4n) is 3.77. The van der Waals surface area contributed by atoms with Crippen LogP contribution in [0.4, 0.5) is 18.9 Å². The summed E-state index contributed by atoms with van der Waals surface area (Å²) >= 11 is 12.5. The molecule has 3 aromatic heterocycles. The Kier molecular flexibility index (Phi) is 7.03. The molecule has 5 rings (SSSR count). The molecular weight excluding hydrogens is 560 g/mol. The Morgan fingerprint density at radius 1 is 1.13 bits per heavy atom. The molecule has 0 bridgehead atoms. The van der Waals surface area contributed by atoms with Crippen LogP contribution in [0.3, 0.4) is 0 Å². The molecular formula is C24H19Cl2F3N8O2. The Labute approximate surface area is 229 Å². The summed E-state index contributed by atoms with van der Waals surface area (Å²) in [5.41, 5.74) is -0.0833. The fraction of sp³-hybridized carbons (Fsp3) is 0.250. The molecule has 0 radical (unpaired) electrons. The van der Waals surface area contributed by atoms with Crippen LogP contribution in [0.5, 0.6) is 0 Å². The number of carbonyl (C=O) groups excluding carboxylic acids is 2. The number of aryl methyl sites for hydroxylation is 1. The standard InChI is InChI=1S/C24H19Cl2F3N8O2/c1-12-7-13(25)8-16(22(38)32-14-4-5-14)20(12)33-23(39)18-9-15(11-36-31-10-19(35-36)24(27,28)29)34-37(18)21-17(26)3-2-6-30-21/h2-3,6-10,14H,4-5,11H2,1H3,(H,32,38)(H,33,39). The third kappa shape index (κ3) is 5.88. The SMILES string of the molecule is Cc1cc(Cl)cc(C(=O)NC2CC2)c1NC(=O)c1cc(Cn2ncc(C(F)(F)F)n2)nn1-c1ncccc1Cl. The lowest BCUT2D eigenvalue weighted by molar-refractivity contribution is -0.141. The Balaban J connectivity index is 1.51. The van der Waals surface area contributed by atoms with Crippen molar-refractivity contribution in [2.45, 2.75) is 38.5 Å². The zero-order valence-corrected chi connectivity index (χ0v) is 21.6. The van der Waals surface area contributed by atoms with Gasteiger partial charge in [0.25, 0.3) is 11.8 Å². The van der Waals surface area contributed by atoms with Crippen LogP contribution in [0.1, 0.15) is 50.6 Å². The van der Waals surface area contributed by atoms with E-state index < -0.39 is 17.8 Å². The van der Waals surface area contributed by atoms with E-state index in [2.05, 4.69) is 30.9 Å². The Morgan fingerprint density at radius 3 is 2.56 bits per heavy atom. The van der Waals surface area contributed by atoms with Crippen molar-refractivity contribution < 1.29 is 22.8 Å². The molecule has 0 unspecified atom stereocenters. The lowest BCUT2D eigenvalue weighted by Crippen LogP contribution is -2.27. The topological polar surface area (TPSA) is 120 Å². The van der Waals surface area contributed by atoms with Crippen molar-refractivity contribution in [3.05, 3.63) is 81.0 Å². The van der Waals surface area contributed by atoms with Gasteiger partial charge in [0.1, 0.15) is 12.2 Å². The van der Waals surface area contributed by atoms with Crippen molar-refractivity contribution in [2.75, 3.05) is 5.32 Å². The maximum absolute atomic E-state index is 13.6. The van der Waals surface area contributed by atoms with Gasteiger partial charge in [0.05, 0.1) is 28.2 Å². The lowest BCUT2D eigenvalue weighted by Gasteiger charge is -2.15. The van der Waals surface area contributed by atoms with E-state index in [0.717, 1.165) is 22.3 Å². The van der Waals surface area contributed by atoms with E-state index in [1.54, 1.807) is 25.1 Å². The first-order valence-corrected chi connectivity index (χ1v) is 12.3. The number of pyridine rings is 1. The molecule has 2 amide bonds. The first kappa shape index (κ1) is 26.6. The summed E-state index contributed by atoms with van der Waals surface area (Å²) in [5.74, 6) is -0.948. The number of halogens is 5. The van der Waals surface area contributed by atoms with E-state index in [9.17, 15) is 22.8 Å². The molecule has 1 aliphatic carbocycles. The summed E-state index contributed by atoms with van der Waals surface area (Å²) in [6.07, 6.45) is -0.884. The van der Waals surface area contributed by atoms with Crippen LogP contribution in [0.25, 0.3) is 5.82 Å². The highest BCUT2D eigenvalue weighted by molar-refractivity contribution is 6.32. The van der Waals surface area contributed by atoms with Crippen molar-refractivity contribution in [2.24, 2.45) is 0 Å². The van der Waals surface area contributed by atoms with Gasteiger partial charge in [-0.3, -0.25) is 9.59 Å². The van der Waals surface area contributed by atoms with Gasteiger partial charge in [-0.2, -0.15) is 28.2 Å². The first-order chi connectivity index (χ1) is 18.5. The number of amides is 2. The molecule has 0 spiro atoms.